The third kappa shape index (κ3) is 9.65. The molecule has 5 heteroatoms. The number of hydrogen-bond acceptors (Lipinski definition) is 5. The van der Waals surface area contributed by atoms with Crippen LogP contribution in [0.5, 0.6) is 5.75 Å². The number of benzene rings is 1. The van der Waals surface area contributed by atoms with E-state index in [0.717, 1.165) is 5.56 Å². The van der Waals surface area contributed by atoms with Crippen molar-refractivity contribution >= 4 is 11.9 Å². The minimum atomic E-state index is -0.454. The van der Waals surface area contributed by atoms with Gasteiger partial charge in [-0.15, -0.1) is 0 Å². The van der Waals surface area contributed by atoms with Crippen LogP contribution >= 0.6 is 0 Å². The fourth-order valence-corrected chi connectivity index (χ4v) is 1.78. The quantitative estimate of drug-likeness (QED) is 0.222. The molecule has 0 spiro atoms. The van der Waals surface area contributed by atoms with Gasteiger partial charge in [-0.25, -0.2) is 4.79 Å². The first kappa shape index (κ1) is 21.5. The third-order valence-corrected chi connectivity index (χ3v) is 3.05. The molecule has 140 valence electrons. The molecule has 0 amide bonds. The lowest BCUT2D eigenvalue weighted by atomic mass is 10.2. The Bertz CT molecular complexity index is 662. The van der Waals surface area contributed by atoms with Gasteiger partial charge in [0.1, 0.15) is 12.4 Å². The summed E-state index contributed by atoms with van der Waals surface area (Å²) in [6.07, 6.45) is 0.565. The smallest absolute Gasteiger partial charge is 0.333 e. The highest BCUT2D eigenvalue weighted by Gasteiger charge is 2.07. The molecule has 0 fully saturated rings. The summed E-state index contributed by atoms with van der Waals surface area (Å²) in [7, 11) is 0. The van der Waals surface area contributed by atoms with Crippen LogP contribution in [0.2, 0.25) is 0 Å². The van der Waals surface area contributed by atoms with E-state index in [4.69, 9.17) is 14.2 Å². The van der Waals surface area contributed by atoms with Crippen molar-refractivity contribution in [3.8, 4) is 17.6 Å². The molecule has 1 rings (SSSR count). The number of ether oxygens (including phenoxy) is 3. The maximum Gasteiger partial charge on any atom is 0.333 e. The van der Waals surface area contributed by atoms with Crippen LogP contribution in [0.4, 0.5) is 0 Å². The number of carbonyl (C=O) groups is 2. The molecule has 0 aromatic heterocycles. The molecule has 0 aliphatic carbocycles. The zero-order chi connectivity index (χ0) is 19.4. The van der Waals surface area contributed by atoms with Gasteiger partial charge in [0.15, 0.2) is 0 Å². The van der Waals surface area contributed by atoms with Gasteiger partial charge in [0.25, 0.3) is 0 Å². The summed E-state index contributed by atoms with van der Waals surface area (Å²) in [4.78, 5) is 22.9. The molecule has 1 aromatic carbocycles. The zero-order valence-corrected chi connectivity index (χ0v) is 15.7. The second-order valence-corrected chi connectivity index (χ2v) is 6.23. The second kappa shape index (κ2) is 11.9. The predicted molar refractivity (Wildman–Crippen MR) is 99.6 cm³/mol. The minimum Gasteiger partial charge on any atom is -0.462 e. The molecule has 1 aromatic rings. The number of hydrogen-bond donors (Lipinski definition) is 0. The van der Waals surface area contributed by atoms with Crippen LogP contribution in [0.3, 0.4) is 0 Å². The summed E-state index contributed by atoms with van der Waals surface area (Å²) < 4.78 is 15.5. The molecule has 0 radical (unpaired) electrons. The van der Waals surface area contributed by atoms with Gasteiger partial charge in [0.05, 0.1) is 13.2 Å². The lowest BCUT2D eigenvalue weighted by molar-refractivity contribution is -0.141. The average molecular weight is 358 g/mol. The summed E-state index contributed by atoms with van der Waals surface area (Å²) in [5.74, 6) is 6.04. The maximum atomic E-state index is 11.8. The van der Waals surface area contributed by atoms with Crippen molar-refractivity contribution in [3.63, 3.8) is 0 Å². The Labute approximate surface area is 155 Å². The van der Waals surface area contributed by atoms with E-state index in [2.05, 4.69) is 32.3 Å². The van der Waals surface area contributed by atoms with Crippen LogP contribution in [-0.2, 0) is 19.1 Å². The molecule has 0 bridgehead atoms. The minimum absolute atomic E-state index is 0.161. The van der Waals surface area contributed by atoms with Gasteiger partial charge in [-0.3, -0.25) is 4.79 Å². The molecular weight excluding hydrogens is 332 g/mol. The number of carbonyl (C=O) groups excluding carboxylic acids is 2. The van der Waals surface area contributed by atoms with Gasteiger partial charge in [0.2, 0.25) is 0 Å². The van der Waals surface area contributed by atoms with Crippen molar-refractivity contribution < 1.29 is 23.8 Å². The Morgan fingerprint density at radius 1 is 1.19 bits per heavy atom. The first-order valence-electron chi connectivity index (χ1n) is 8.58. The lowest BCUT2D eigenvalue weighted by Gasteiger charge is -2.05. The van der Waals surface area contributed by atoms with Gasteiger partial charge in [-0.2, -0.15) is 0 Å². The third-order valence-electron chi connectivity index (χ3n) is 3.05. The Morgan fingerprint density at radius 3 is 2.50 bits per heavy atom. The van der Waals surface area contributed by atoms with E-state index in [1.165, 1.54) is 0 Å². The summed E-state index contributed by atoms with van der Waals surface area (Å²) in [5, 5.41) is 0. The Hall–Kier alpha value is -2.58. The lowest BCUT2D eigenvalue weighted by Crippen LogP contribution is -2.11. The Balaban J connectivity index is 2.31. The molecule has 0 aliphatic rings. The molecule has 0 saturated heterocycles. The summed E-state index contributed by atoms with van der Waals surface area (Å²) in [6, 6.07) is 6.95. The highest BCUT2D eigenvalue weighted by atomic mass is 16.5. The highest BCUT2D eigenvalue weighted by molar-refractivity contribution is 5.86. The zero-order valence-electron chi connectivity index (χ0n) is 15.7. The fourth-order valence-electron chi connectivity index (χ4n) is 1.78. The van der Waals surface area contributed by atoms with Gasteiger partial charge in [-0.05, 0) is 43.5 Å². The van der Waals surface area contributed by atoms with Crippen LogP contribution in [0.1, 0.15) is 39.2 Å². The van der Waals surface area contributed by atoms with E-state index in [1.54, 1.807) is 31.2 Å². The normalized spacial score (nSPS) is 10.0. The molecule has 0 unspecified atom stereocenters. The van der Waals surface area contributed by atoms with Crippen molar-refractivity contribution in [2.24, 2.45) is 5.92 Å². The van der Waals surface area contributed by atoms with Crippen LogP contribution < -0.4 is 4.74 Å². The van der Waals surface area contributed by atoms with Crippen LogP contribution in [0.15, 0.2) is 36.4 Å². The van der Waals surface area contributed by atoms with E-state index >= 15 is 0 Å². The molecule has 26 heavy (non-hydrogen) atoms. The van der Waals surface area contributed by atoms with E-state index in [0.29, 0.717) is 36.9 Å². The van der Waals surface area contributed by atoms with E-state index in [9.17, 15) is 9.59 Å². The van der Waals surface area contributed by atoms with E-state index in [-0.39, 0.29) is 19.0 Å². The Morgan fingerprint density at radius 2 is 1.88 bits per heavy atom. The summed E-state index contributed by atoms with van der Waals surface area (Å²) in [5.41, 5.74) is 1.16. The van der Waals surface area contributed by atoms with Crippen molar-refractivity contribution in [2.75, 3.05) is 19.8 Å². The second-order valence-electron chi connectivity index (χ2n) is 6.23. The molecule has 0 aliphatic heterocycles. The number of rotatable bonds is 9. The highest BCUT2D eigenvalue weighted by Crippen LogP contribution is 2.12. The van der Waals surface area contributed by atoms with Gasteiger partial charge in [-0.1, -0.05) is 32.3 Å². The first-order chi connectivity index (χ1) is 12.4. The monoisotopic (exact) mass is 358 g/mol. The fraction of sp³-hybridized carbons (Fsp3) is 0.429. The molecule has 0 heterocycles. The SMILES string of the molecule is C=C(C)C(=O)OCCCC(=O)Oc1ccc(C#CCOCC(C)C)cc1. The van der Waals surface area contributed by atoms with Gasteiger partial charge in [0, 0.05) is 17.6 Å². The average Bonchev–Trinajstić information content (AvgIpc) is 2.59. The largest absolute Gasteiger partial charge is 0.462 e. The maximum absolute atomic E-state index is 11.8. The van der Waals surface area contributed by atoms with E-state index in [1.807, 2.05) is 0 Å². The molecule has 0 saturated carbocycles. The van der Waals surface area contributed by atoms with Crippen molar-refractivity contribution in [1.82, 2.24) is 0 Å². The van der Waals surface area contributed by atoms with Crippen LogP contribution in [-0.4, -0.2) is 31.8 Å². The summed E-state index contributed by atoms with van der Waals surface area (Å²) in [6.45, 7) is 10.5. The molecular formula is C21H26O5. The van der Waals surface area contributed by atoms with Crippen molar-refractivity contribution in [3.05, 3.63) is 42.0 Å². The van der Waals surface area contributed by atoms with Gasteiger partial charge < -0.3 is 14.2 Å². The van der Waals surface area contributed by atoms with Crippen molar-refractivity contribution in [1.29, 1.82) is 0 Å². The van der Waals surface area contributed by atoms with Gasteiger partial charge >= 0.3 is 11.9 Å². The van der Waals surface area contributed by atoms with Crippen LogP contribution in [0, 0.1) is 17.8 Å². The molecule has 0 N–H and O–H groups in total. The van der Waals surface area contributed by atoms with Crippen molar-refractivity contribution in [2.45, 2.75) is 33.6 Å². The number of esters is 2. The first-order valence-corrected chi connectivity index (χ1v) is 8.58. The topological polar surface area (TPSA) is 61.8 Å². The van der Waals surface area contributed by atoms with Crippen LogP contribution in [0.25, 0.3) is 0 Å². The Kier molecular flexibility index (Phi) is 9.81. The van der Waals surface area contributed by atoms with E-state index < -0.39 is 5.97 Å². The summed E-state index contributed by atoms with van der Waals surface area (Å²) >= 11 is 0. The predicted octanol–water partition coefficient (Wildman–Crippen LogP) is 3.52. The molecule has 0 atom stereocenters. The molecule has 5 nitrogen and oxygen atoms in total. The standard InChI is InChI=1S/C21H26O5/c1-16(2)15-24-13-5-7-18-9-11-19(12-10-18)26-20(22)8-6-14-25-21(23)17(3)4/h9-12,16H,3,6,8,13-15H2,1-2,4H3.